The van der Waals surface area contributed by atoms with E-state index in [4.69, 9.17) is 11.7 Å². The van der Waals surface area contributed by atoms with Crippen LogP contribution in [0.3, 0.4) is 0 Å². The molecule has 0 spiro atoms. The van der Waals surface area contributed by atoms with Crippen molar-refractivity contribution in [1.82, 2.24) is 5.32 Å². The summed E-state index contributed by atoms with van der Waals surface area (Å²) >= 11 is 0. The molecule has 0 saturated carbocycles. The number of hydrogen-bond donors (Lipinski definition) is 1. The minimum Gasteiger partial charge on any atom is -0.287 e. The highest BCUT2D eigenvalue weighted by Crippen LogP contribution is 2.10. The minimum absolute atomic E-state index is 0.308. The van der Waals surface area contributed by atoms with Crippen molar-refractivity contribution in [1.29, 1.82) is 5.26 Å². The Morgan fingerprint density at radius 3 is 2.62 bits per heavy atom. The summed E-state index contributed by atoms with van der Waals surface area (Å²) in [6.45, 7) is 0.410. The lowest BCUT2D eigenvalue weighted by Gasteiger charge is -2.08. The lowest BCUT2D eigenvalue weighted by Crippen LogP contribution is -2.19. The van der Waals surface area contributed by atoms with E-state index >= 15 is 0 Å². The summed E-state index contributed by atoms with van der Waals surface area (Å²) in [6.07, 6.45) is 5.09. The molecule has 0 aliphatic rings. The third kappa shape index (κ3) is 2.63. The van der Waals surface area contributed by atoms with Crippen molar-refractivity contribution < 1.29 is 0 Å². The molecule has 0 saturated heterocycles. The number of terminal acetylenes is 1. The molecule has 0 heterocycles. The van der Waals surface area contributed by atoms with Gasteiger partial charge in [0.25, 0.3) is 0 Å². The van der Waals surface area contributed by atoms with Gasteiger partial charge in [-0.2, -0.15) is 5.26 Å². The molecule has 0 aliphatic carbocycles. The lowest BCUT2D eigenvalue weighted by atomic mass is 10.1. The summed E-state index contributed by atoms with van der Waals surface area (Å²) < 4.78 is 0. The first-order chi connectivity index (χ1) is 6.38. The van der Waals surface area contributed by atoms with Crippen molar-refractivity contribution in [2.24, 2.45) is 0 Å². The number of hydrogen-bond acceptors (Lipinski definition) is 2. The Hall–Kier alpha value is -1.77. The molecular formula is C11H10N2. The van der Waals surface area contributed by atoms with E-state index in [1.165, 1.54) is 0 Å². The first-order valence-corrected chi connectivity index (χ1v) is 4.00. The maximum atomic E-state index is 8.82. The Morgan fingerprint density at radius 2 is 2.08 bits per heavy atom. The van der Waals surface area contributed by atoms with E-state index in [2.05, 4.69) is 17.3 Å². The van der Waals surface area contributed by atoms with Crippen LogP contribution in [0.25, 0.3) is 0 Å². The number of rotatable bonds is 3. The molecule has 1 N–H and O–H groups in total. The molecule has 1 rings (SSSR count). The van der Waals surface area contributed by atoms with E-state index in [-0.39, 0.29) is 6.04 Å². The molecule has 0 fully saturated rings. The largest absolute Gasteiger partial charge is 0.287 e. The predicted octanol–water partition coefficient (Wildman–Crippen LogP) is 1.47. The van der Waals surface area contributed by atoms with Gasteiger partial charge in [0.15, 0.2) is 0 Å². The van der Waals surface area contributed by atoms with Crippen LogP contribution in [0.2, 0.25) is 0 Å². The van der Waals surface area contributed by atoms with Crippen molar-refractivity contribution in [2.45, 2.75) is 6.04 Å². The molecular weight excluding hydrogens is 160 g/mol. The molecule has 1 atom stereocenters. The molecule has 1 aromatic carbocycles. The van der Waals surface area contributed by atoms with Gasteiger partial charge >= 0.3 is 0 Å². The fourth-order valence-corrected chi connectivity index (χ4v) is 1.04. The molecule has 2 nitrogen and oxygen atoms in total. The van der Waals surface area contributed by atoms with E-state index in [9.17, 15) is 0 Å². The van der Waals surface area contributed by atoms with Crippen LogP contribution in [0, 0.1) is 23.7 Å². The van der Waals surface area contributed by atoms with E-state index < -0.39 is 0 Å². The van der Waals surface area contributed by atoms with Gasteiger partial charge in [0.1, 0.15) is 6.04 Å². The quantitative estimate of drug-likeness (QED) is 0.697. The Balaban J connectivity index is 2.70. The van der Waals surface area contributed by atoms with Crippen LogP contribution in [0.15, 0.2) is 30.3 Å². The first-order valence-electron chi connectivity index (χ1n) is 4.00. The van der Waals surface area contributed by atoms with Gasteiger partial charge in [0.2, 0.25) is 0 Å². The zero-order chi connectivity index (χ0) is 9.52. The Morgan fingerprint density at radius 1 is 1.38 bits per heavy atom. The van der Waals surface area contributed by atoms with Crippen LogP contribution in [-0.2, 0) is 0 Å². The number of nitriles is 1. The maximum absolute atomic E-state index is 8.82. The van der Waals surface area contributed by atoms with Crippen LogP contribution < -0.4 is 5.32 Å². The first kappa shape index (κ1) is 9.32. The Kier molecular flexibility index (Phi) is 3.57. The Bertz CT molecular complexity index is 329. The highest BCUT2D eigenvalue weighted by atomic mass is 14.9. The summed E-state index contributed by atoms with van der Waals surface area (Å²) in [7, 11) is 0. The molecule has 0 radical (unpaired) electrons. The van der Waals surface area contributed by atoms with E-state index in [0.29, 0.717) is 6.54 Å². The number of nitrogens with one attached hydrogen (secondary N) is 1. The van der Waals surface area contributed by atoms with Gasteiger partial charge in [-0.25, -0.2) is 0 Å². The normalized spacial score (nSPS) is 11.2. The van der Waals surface area contributed by atoms with Crippen molar-refractivity contribution in [2.75, 3.05) is 6.54 Å². The van der Waals surface area contributed by atoms with Crippen molar-refractivity contribution in [3.05, 3.63) is 35.9 Å². The third-order valence-electron chi connectivity index (χ3n) is 1.67. The molecule has 2 heteroatoms. The zero-order valence-corrected chi connectivity index (χ0v) is 7.20. The fourth-order valence-electron chi connectivity index (χ4n) is 1.04. The second-order valence-corrected chi connectivity index (χ2v) is 2.56. The second kappa shape index (κ2) is 4.98. The number of benzene rings is 1. The van der Waals surface area contributed by atoms with Gasteiger partial charge in [0, 0.05) is 0 Å². The van der Waals surface area contributed by atoms with Gasteiger partial charge in [0.05, 0.1) is 12.6 Å². The summed E-state index contributed by atoms with van der Waals surface area (Å²) in [6, 6.07) is 11.4. The van der Waals surface area contributed by atoms with Crippen LogP contribution >= 0.6 is 0 Å². The highest BCUT2D eigenvalue weighted by Gasteiger charge is 2.06. The molecule has 0 aliphatic heterocycles. The smallest absolute Gasteiger partial charge is 0.122 e. The second-order valence-electron chi connectivity index (χ2n) is 2.56. The summed E-state index contributed by atoms with van der Waals surface area (Å²) in [5.41, 5.74) is 0.945. The van der Waals surface area contributed by atoms with Gasteiger partial charge in [-0.15, -0.1) is 6.42 Å². The van der Waals surface area contributed by atoms with Crippen LogP contribution in [-0.4, -0.2) is 6.54 Å². The standard InChI is InChI=1S/C11H10N2/c1-2-8-13-11(9-12)10-6-4-3-5-7-10/h1,3-7,11,13H,8H2. The predicted molar refractivity (Wildman–Crippen MR) is 51.6 cm³/mol. The summed E-state index contributed by atoms with van der Waals surface area (Å²) in [4.78, 5) is 0. The average molecular weight is 170 g/mol. The van der Waals surface area contributed by atoms with Crippen molar-refractivity contribution in [3.8, 4) is 18.4 Å². The van der Waals surface area contributed by atoms with Gasteiger partial charge < -0.3 is 0 Å². The molecule has 1 aromatic rings. The Labute approximate surface area is 78.2 Å². The highest BCUT2D eigenvalue weighted by molar-refractivity contribution is 5.23. The van der Waals surface area contributed by atoms with E-state index in [1.807, 2.05) is 30.3 Å². The summed E-state index contributed by atoms with van der Waals surface area (Å²) in [5.74, 6) is 2.44. The average Bonchev–Trinajstić information content (AvgIpc) is 2.21. The monoisotopic (exact) mass is 170 g/mol. The minimum atomic E-state index is -0.308. The molecule has 0 aromatic heterocycles. The van der Waals surface area contributed by atoms with Gasteiger partial charge in [-0.05, 0) is 5.56 Å². The number of nitrogens with zero attached hydrogens (tertiary/aromatic N) is 1. The third-order valence-corrected chi connectivity index (χ3v) is 1.67. The molecule has 0 amide bonds. The molecule has 0 bridgehead atoms. The van der Waals surface area contributed by atoms with Crippen LogP contribution in [0.4, 0.5) is 0 Å². The maximum Gasteiger partial charge on any atom is 0.122 e. The van der Waals surface area contributed by atoms with Crippen LogP contribution in [0.5, 0.6) is 0 Å². The SMILES string of the molecule is C#CCNC(C#N)c1ccccc1. The van der Waals surface area contributed by atoms with E-state index in [1.54, 1.807) is 0 Å². The lowest BCUT2D eigenvalue weighted by molar-refractivity contribution is 0.691. The topological polar surface area (TPSA) is 35.8 Å². The molecule has 1 unspecified atom stereocenters. The van der Waals surface area contributed by atoms with E-state index in [0.717, 1.165) is 5.56 Å². The van der Waals surface area contributed by atoms with Crippen LogP contribution in [0.1, 0.15) is 11.6 Å². The summed E-state index contributed by atoms with van der Waals surface area (Å²) in [5, 5.41) is 11.8. The molecule has 13 heavy (non-hydrogen) atoms. The van der Waals surface area contributed by atoms with Gasteiger partial charge in [-0.3, -0.25) is 5.32 Å². The zero-order valence-electron chi connectivity index (χ0n) is 7.20. The molecule has 64 valence electrons. The van der Waals surface area contributed by atoms with Crippen molar-refractivity contribution >= 4 is 0 Å². The fraction of sp³-hybridized carbons (Fsp3) is 0.182. The van der Waals surface area contributed by atoms with Gasteiger partial charge in [-0.1, -0.05) is 36.3 Å². The van der Waals surface area contributed by atoms with Crippen molar-refractivity contribution in [3.63, 3.8) is 0 Å².